The Bertz CT molecular complexity index is 2060. The Balaban J connectivity index is 1.50. The molecule has 0 aliphatic carbocycles. The third kappa shape index (κ3) is 5.26. The van der Waals surface area contributed by atoms with E-state index in [4.69, 9.17) is 11.6 Å². The molecule has 6 rings (SSSR count). The fourth-order valence-electron chi connectivity index (χ4n) is 4.73. The lowest BCUT2D eigenvalue weighted by Crippen LogP contribution is -2.28. The Kier molecular flexibility index (Phi) is 6.72. The van der Waals surface area contributed by atoms with Gasteiger partial charge in [-0.3, -0.25) is 4.79 Å². The van der Waals surface area contributed by atoms with Crippen LogP contribution in [-0.2, 0) is 16.3 Å². The summed E-state index contributed by atoms with van der Waals surface area (Å²) in [7, 11) is -3.45. The first-order valence-electron chi connectivity index (χ1n) is 12.4. The largest absolute Gasteiger partial charge is 0.340 e. The number of sulfone groups is 1. The zero-order chi connectivity index (χ0) is 28.7. The Hall–Kier alpha value is -4.68. The van der Waals surface area contributed by atoms with Gasteiger partial charge in [0, 0.05) is 41.1 Å². The van der Waals surface area contributed by atoms with E-state index in [2.05, 4.69) is 25.5 Å². The first kappa shape index (κ1) is 26.5. The van der Waals surface area contributed by atoms with Crippen molar-refractivity contribution in [3.05, 3.63) is 118 Å². The van der Waals surface area contributed by atoms with Gasteiger partial charge in [0.1, 0.15) is 18.0 Å². The number of aromatic nitrogens is 7. The molecule has 1 N–H and O–H groups in total. The molecule has 3 aromatic carbocycles. The zero-order valence-corrected chi connectivity index (χ0v) is 23.0. The van der Waals surface area contributed by atoms with E-state index in [0.717, 1.165) is 18.0 Å². The van der Waals surface area contributed by atoms with Crippen LogP contribution in [0.15, 0.2) is 95.0 Å². The summed E-state index contributed by atoms with van der Waals surface area (Å²) in [4.78, 5) is 21.6. The molecule has 41 heavy (non-hydrogen) atoms. The van der Waals surface area contributed by atoms with Crippen LogP contribution in [0.25, 0.3) is 27.8 Å². The molecule has 0 saturated heterocycles. The lowest BCUT2D eigenvalue weighted by atomic mass is 10.0. The van der Waals surface area contributed by atoms with Gasteiger partial charge in [-0.05, 0) is 52.4 Å². The molecule has 1 atom stereocenters. The summed E-state index contributed by atoms with van der Waals surface area (Å²) in [6, 6.07) is 19.3. The Morgan fingerprint density at radius 3 is 2.56 bits per heavy atom. The summed E-state index contributed by atoms with van der Waals surface area (Å²) in [5, 5.41) is 11.5. The van der Waals surface area contributed by atoms with Gasteiger partial charge in [0.25, 0.3) is 5.56 Å². The molecule has 0 amide bonds. The number of tetrazole rings is 1. The van der Waals surface area contributed by atoms with E-state index in [-0.39, 0.29) is 10.5 Å². The van der Waals surface area contributed by atoms with E-state index in [9.17, 15) is 13.2 Å². The highest BCUT2D eigenvalue weighted by atomic mass is 35.5. The molecule has 0 radical (unpaired) electrons. The topological polar surface area (TPSA) is 128 Å². The number of fused-ring (bicyclic) bond motifs is 1. The molecular formula is C28H21ClFN7O3S. The van der Waals surface area contributed by atoms with Gasteiger partial charge >= 0.3 is 0 Å². The highest BCUT2D eigenvalue weighted by molar-refractivity contribution is 7.90. The fourth-order valence-corrected chi connectivity index (χ4v) is 5.54. The maximum absolute atomic E-state index is 15.9. The minimum atomic E-state index is -3.45. The standard InChI is InChI=1S/C28H21ClFN7O3S/c1-41(39,40)19-8-9-23-24(13-19)33-28(32-23)26(11-17-5-3-2-4-6-17)36-15-22(30)20(14-27(36)38)21-12-18(29)7-10-25(21)37-16-31-34-35-37/h2-10,12-16,26H,11H2,1H3,(H,32,33). The second-order valence-electron chi connectivity index (χ2n) is 9.48. The molecule has 13 heteroatoms. The predicted molar refractivity (Wildman–Crippen MR) is 151 cm³/mol. The van der Waals surface area contributed by atoms with Crippen molar-refractivity contribution in [2.45, 2.75) is 17.4 Å². The van der Waals surface area contributed by atoms with Gasteiger partial charge in [-0.2, -0.15) is 4.68 Å². The van der Waals surface area contributed by atoms with Crippen molar-refractivity contribution in [2.75, 3.05) is 6.26 Å². The molecular weight excluding hydrogens is 569 g/mol. The number of halogens is 2. The van der Waals surface area contributed by atoms with Crippen LogP contribution >= 0.6 is 11.6 Å². The van der Waals surface area contributed by atoms with Gasteiger partial charge in [0.05, 0.1) is 27.7 Å². The van der Waals surface area contributed by atoms with Crippen molar-refractivity contribution in [1.29, 1.82) is 0 Å². The van der Waals surface area contributed by atoms with E-state index < -0.39 is 27.3 Å². The minimum Gasteiger partial charge on any atom is -0.340 e. The molecule has 3 aromatic heterocycles. The van der Waals surface area contributed by atoms with Crippen molar-refractivity contribution in [2.24, 2.45) is 0 Å². The van der Waals surface area contributed by atoms with Gasteiger partial charge < -0.3 is 9.55 Å². The predicted octanol–water partition coefficient (Wildman–Crippen LogP) is 4.40. The Labute approximate surface area is 238 Å². The smallest absolute Gasteiger partial charge is 0.252 e. The number of imidazole rings is 1. The van der Waals surface area contributed by atoms with Gasteiger partial charge in [-0.25, -0.2) is 17.8 Å². The molecule has 6 aromatic rings. The molecule has 10 nitrogen and oxygen atoms in total. The quantitative estimate of drug-likeness (QED) is 0.292. The molecule has 0 aliphatic rings. The third-order valence-corrected chi connectivity index (χ3v) is 8.05. The van der Waals surface area contributed by atoms with Crippen LogP contribution in [0.2, 0.25) is 5.02 Å². The fraction of sp³-hybridized carbons (Fsp3) is 0.107. The van der Waals surface area contributed by atoms with Crippen LogP contribution in [-0.4, -0.2) is 49.4 Å². The van der Waals surface area contributed by atoms with Gasteiger partial charge in [0.2, 0.25) is 0 Å². The van der Waals surface area contributed by atoms with Gasteiger partial charge in [0.15, 0.2) is 9.84 Å². The second kappa shape index (κ2) is 10.4. The summed E-state index contributed by atoms with van der Waals surface area (Å²) < 4.78 is 42.7. The lowest BCUT2D eigenvalue weighted by molar-refractivity contribution is 0.512. The highest BCUT2D eigenvalue weighted by Gasteiger charge is 2.23. The number of H-pyrrole nitrogens is 1. The summed E-state index contributed by atoms with van der Waals surface area (Å²) >= 11 is 6.23. The number of nitrogens with one attached hydrogen (secondary N) is 1. The van der Waals surface area contributed by atoms with Crippen molar-refractivity contribution in [3.8, 4) is 16.8 Å². The van der Waals surface area contributed by atoms with Crippen LogP contribution in [0.5, 0.6) is 0 Å². The SMILES string of the molecule is CS(=O)(=O)c1ccc2[nH]c(C(Cc3ccccc3)n3cc(F)c(-c4cc(Cl)ccc4-n4cnnn4)cc3=O)nc2c1. The lowest BCUT2D eigenvalue weighted by Gasteiger charge is -2.19. The number of hydrogen-bond acceptors (Lipinski definition) is 7. The second-order valence-corrected chi connectivity index (χ2v) is 11.9. The molecule has 0 fully saturated rings. The van der Waals surface area contributed by atoms with Crippen LogP contribution in [0.4, 0.5) is 4.39 Å². The van der Waals surface area contributed by atoms with Crippen LogP contribution in [0.3, 0.4) is 0 Å². The first-order chi connectivity index (χ1) is 19.7. The summed E-state index contributed by atoms with van der Waals surface area (Å²) in [5.74, 6) is -0.296. The van der Waals surface area contributed by atoms with Crippen LogP contribution < -0.4 is 5.56 Å². The normalized spacial score (nSPS) is 12.6. The summed E-state index contributed by atoms with van der Waals surface area (Å²) in [6.07, 6.45) is 3.93. The van der Waals surface area contributed by atoms with E-state index in [1.807, 2.05) is 30.3 Å². The molecule has 206 valence electrons. The van der Waals surface area contributed by atoms with Crippen molar-refractivity contribution in [3.63, 3.8) is 0 Å². The molecule has 3 heterocycles. The highest BCUT2D eigenvalue weighted by Crippen LogP contribution is 2.32. The number of hydrogen-bond donors (Lipinski definition) is 1. The number of benzene rings is 3. The van der Waals surface area contributed by atoms with Crippen LogP contribution in [0.1, 0.15) is 17.4 Å². The van der Waals surface area contributed by atoms with E-state index in [1.165, 1.54) is 33.8 Å². The van der Waals surface area contributed by atoms with Gasteiger partial charge in [-0.15, -0.1) is 5.10 Å². The molecule has 0 spiro atoms. The number of pyridine rings is 1. The van der Waals surface area contributed by atoms with Crippen molar-refractivity contribution in [1.82, 2.24) is 34.7 Å². The Morgan fingerprint density at radius 1 is 1.02 bits per heavy atom. The van der Waals surface area contributed by atoms with Crippen LogP contribution in [0, 0.1) is 5.82 Å². The van der Waals surface area contributed by atoms with E-state index >= 15 is 4.39 Å². The molecule has 0 saturated carbocycles. The average Bonchev–Trinajstić information content (AvgIpc) is 3.63. The summed E-state index contributed by atoms with van der Waals surface area (Å²) in [5.41, 5.74) is 2.21. The van der Waals surface area contributed by atoms with Crippen molar-refractivity contribution >= 4 is 32.5 Å². The third-order valence-electron chi connectivity index (χ3n) is 6.70. The number of nitrogens with zero attached hydrogens (tertiary/aromatic N) is 6. The summed E-state index contributed by atoms with van der Waals surface area (Å²) in [6.45, 7) is 0. The van der Waals surface area contributed by atoms with E-state index in [1.54, 1.807) is 24.3 Å². The van der Waals surface area contributed by atoms with E-state index in [0.29, 0.717) is 39.6 Å². The maximum atomic E-state index is 15.9. The first-order valence-corrected chi connectivity index (χ1v) is 14.6. The molecule has 1 unspecified atom stereocenters. The minimum absolute atomic E-state index is 0.0279. The number of aromatic amines is 1. The average molecular weight is 590 g/mol. The van der Waals surface area contributed by atoms with Gasteiger partial charge in [-0.1, -0.05) is 41.9 Å². The number of rotatable bonds is 7. The zero-order valence-electron chi connectivity index (χ0n) is 21.4. The molecule has 0 bridgehead atoms. The van der Waals surface area contributed by atoms with Crippen molar-refractivity contribution < 1.29 is 12.8 Å². The molecule has 0 aliphatic heterocycles. The Morgan fingerprint density at radius 2 is 1.83 bits per heavy atom. The maximum Gasteiger partial charge on any atom is 0.252 e. The monoisotopic (exact) mass is 589 g/mol.